The first-order chi connectivity index (χ1) is 16.9. The van der Waals surface area contributed by atoms with Crippen LogP contribution in [0.15, 0.2) is 48.7 Å². The Hall–Kier alpha value is -3.52. The van der Waals surface area contributed by atoms with Crippen molar-refractivity contribution in [2.24, 2.45) is 0 Å². The minimum Gasteiger partial charge on any atom is -0.341 e. The number of Topliss-reactive ketones (excluding diaryl/α,β-unsaturated/α-hetero) is 1. The summed E-state index contributed by atoms with van der Waals surface area (Å²) in [5.41, 5.74) is 1.87. The van der Waals surface area contributed by atoms with Crippen LogP contribution in [0.25, 0.3) is 22.0 Å². The van der Waals surface area contributed by atoms with Gasteiger partial charge in [0.05, 0.1) is 11.9 Å². The number of piperazine rings is 1. The van der Waals surface area contributed by atoms with Crippen molar-refractivity contribution < 1.29 is 14.4 Å². The Morgan fingerprint density at radius 3 is 2.60 bits per heavy atom. The SMILES string of the molecule is CCC(=O)CCCN1CCN(C(=O)C(=O)N(C)C)C(c2ncc(-c3ccc4ccccc4c3)[nH]2)C1. The van der Waals surface area contributed by atoms with Gasteiger partial charge in [-0.2, -0.15) is 0 Å². The molecule has 0 bridgehead atoms. The first kappa shape index (κ1) is 24.6. The van der Waals surface area contributed by atoms with Crippen molar-refractivity contribution in [3.05, 3.63) is 54.5 Å². The van der Waals surface area contributed by atoms with E-state index in [0.717, 1.165) is 29.6 Å². The first-order valence-electron chi connectivity index (χ1n) is 12.2. The average molecular weight is 476 g/mol. The second kappa shape index (κ2) is 10.8. The number of ketones is 1. The number of hydrogen-bond donors (Lipinski definition) is 1. The quantitative estimate of drug-likeness (QED) is 0.530. The second-order valence-corrected chi connectivity index (χ2v) is 9.25. The smallest absolute Gasteiger partial charge is 0.312 e. The fourth-order valence-corrected chi connectivity index (χ4v) is 4.52. The minimum absolute atomic E-state index is 0.262. The molecule has 2 aromatic carbocycles. The predicted octanol–water partition coefficient (Wildman–Crippen LogP) is 3.26. The van der Waals surface area contributed by atoms with Gasteiger partial charge >= 0.3 is 11.8 Å². The summed E-state index contributed by atoms with van der Waals surface area (Å²) < 4.78 is 0. The number of rotatable bonds is 7. The van der Waals surface area contributed by atoms with E-state index in [4.69, 9.17) is 0 Å². The number of H-pyrrole nitrogens is 1. The van der Waals surface area contributed by atoms with Crippen molar-refractivity contribution in [3.8, 4) is 11.3 Å². The zero-order valence-electron chi connectivity index (χ0n) is 20.7. The number of amides is 2. The lowest BCUT2D eigenvalue weighted by Gasteiger charge is -2.40. The van der Waals surface area contributed by atoms with Gasteiger partial charge in [0.2, 0.25) is 0 Å². The van der Waals surface area contributed by atoms with Crippen LogP contribution in [-0.4, -0.2) is 82.5 Å². The molecule has 1 N–H and O–H groups in total. The maximum Gasteiger partial charge on any atom is 0.312 e. The molecule has 1 unspecified atom stereocenters. The van der Waals surface area contributed by atoms with Crippen molar-refractivity contribution in [1.29, 1.82) is 0 Å². The molecule has 0 saturated carbocycles. The molecule has 35 heavy (non-hydrogen) atoms. The van der Waals surface area contributed by atoms with E-state index in [-0.39, 0.29) is 11.8 Å². The fourth-order valence-electron chi connectivity index (χ4n) is 4.52. The third-order valence-electron chi connectivity index (χ3n) is 6.61. The molecule has 1 aliphatic rings. The van der Waals surface area contributed by atoms with Gasteiger partial charge < -0.3 is 14.8 Å². The molecule has 8 heteroatoms. The Kier molecular flexibility index (Phi) is 7.60. The number of aromatic nitrogens is 2. The zero-order chi connectivity index (χ0) is 24.9. The van der Waals surface area contributed by atoms with Gasteiger partial charge in [-0.15, -0.1) is 0 Å². The molecule has 1 saturated heterocycles. The van der Waals surface area contributed by atoms with E-state index in [9.17, 15) is 14.4 Å². The topological polar surface area (TPSA) is 89.6 Å². The van der Waals surface area contributed by atoms with Gasteiger partial charge in [0, 0.05) is 52.1 Å². The van der Waals surface area contributed by atoms with Gasteiger partial charge in [0.25, 0.3) is 0 Å². The molecule has 1 aliphatic heterocycles. The molecule has 0 radical (unpaired) electrons. The molecule has 184 valence electrons. The van der Waals surface area contributed by atoms with Gasteiger partial charge in [-0.1, -0.05) is 43.3 Å². The van der Waals surface area contributed by atoms with E-state index in [1.165, 1.54) is 10.3 Å². The standard InChI is InChI=1S/C27H33N5O3/c1-4-22(33)10-7-13-31-14-15-32(27(35)26(34)30(2)3)24(18-31)25-28-17-23(29-25)21-12-11-19-8-5-6-9-20(19)16-21/h5-6,8-9,11-12,16-17,24H,4,7,10,13-15,18H2,1-3H3,(H,28,29). The van der Waals surface area contributed by atoms with Crippen LogP contribution >= 0.6 is 0 Å². The number of likely N-dealkylation sites (N-methyl/N-ethyl adjacent to an activating group) is 1. The van der Waals surface area contributed by atoms with E-state index >= 15 is 0 Å². The number of carbonyl (C=O) groups excluding carboxylic acids is 3. The van der Waals surface area contributed by atoms with Crippen LogP contribution in [0, 0.1) is 0 Å². The zero-order valence-corrected chi connectivity index (χ0v) is 20.7. The number of nitrogens with one attached hydrogen (secondary N) is 1. The Bertz CT molecular complexity index is 1220. The summed E-state index contributed by atoms with van der Waals surface area (Å²) in [6.45, 7) is 4.29. The molecule has 3 aromatic rings. The predicted molar refractivity (Wildman–Crippen MR) is 136 cm³/mol. The summed E-state index contributed by atoms with van der Waals surface area (Å²) in [5.74, 6) is -0.150. The number of benzene rings is 2. The summed E-state index contributed by atoms with van der Waals surface area (Å²) in [4.78, 5) is 50.4. The molecule has 0 aliphatic carbocycles. The molecule has 2 amide bonds. The van der Waals surface area contributed by atoms with E-state index in [0.29, 0.717) is 38.3 Å². The van der Waals surface area contributed by atoms with Crippen molar-refractivity contribution >= 4 is 28.4 Å². The van der Waals surface area contributed by atoms with Crippen molar-refractivity contribution in [1.82, 2.24) is 24.7 Å². The number of nitrogens with zero attached hydrogens (tertiary/aromatic N) is 4. The Balaban J connectivity index is 1.57. The highest BCUT2D eigenvalue weighted by Gasteiger charge is 2.36. The normalized spacial score (nSPS) is 16.4. The number of aromatic amines is 1. The van der Waals surface area contributed by atoms with Crippen LogP contribution in [0.4, 0.5) is 0 Å². The van der Waals surface area contributed by atoms with E-state index in [2.05, 4.69) is 45.2 Å². The van der Waals surface area contributed by atoms with Gasteiger partial charge in [0.1, 0.15) is 17.6 Å². The van der Waals surface area contributed by atoms with Crippen LogP contribution in [0.3, 0.4) is 0 Å². The first-order valence-corrected chi connectivity index (χ1v) is 12.2. The molecule has 1 fully saturated rings. The maximum absolute atomic E-state index is 13.0. The number of carbonyl (C=O) groups is 3. The van der Waals surface area contributed by atoms with Crippen LogP contribution in [-0.2, 0) is 14.4 Å². The third kappa shape index (κ3) is 5.59. The van der Waals surface area contributed by atoms with Crippen molar-refractivity contribution in [3.63, 3.8) is 0 Å². The monoisotopic (exact) mass is 475 g/mol. The van der Waals surface area contributed by atoms with Gasteiger partial charge in [0.15, 0.2) is 0 Å². The molecule has 8 nitrogen and oxygen atoms in total. The highest BCUT2D eigenvalue weighted by molar-refractivity contribution is 6.34. The van der Waals surface area contributed by atoms with Crippen molar-refractivity contribution in [2.75, 3.05) is 40.3 Å². The summed E-state index contributed by atoms with van der Waals surface area (Å²) >= 11 is 0. The molecule has 1 aromatic heterocycles. The number of hydrogen-bond acceptors (Lipinski definition) is 5. The van der Waals surface area contributed by atoms with E-state index in [1.807, 2.05) is 19.1 Å². The second-order valence-electron chi connectivity index (χ2n) is 9.25. The third-order valence-corrected chi connectivity index (χ3v) is 6.61. The fraction of sp³-hybridized carbons (Fsp3) is 0.407. The van der Waals surface area contributed by atoms with Gasteiger partial charge in [-0.25, -0.2) is 4.98 Å². The molecule has 0 spiro atoms. The molecule has 1 atom stereocenters. The highest BCUT2D eigenvalue weighted by Crippen LogP contribution is 2.28. The Labute approximate surface area is 205 Å². The van der Waals surface area contributed by atoms with Gasteiger partial charge in [-0.05, 0) is 29.8 Å². The van der Waals surface area contributed by atoms with Crippen molar-refractivity contribution in [2.45, 2.75) is 32.2 Å². The molecular weight excluding hydrogens is 442 g/mol. The molecular formula is C27H33N5O3. The largest absolute Gasteiger partial charge is 0.341 e. The van der Waals surface area contributed by atoms with E-state index < -0.39 is 11.8 Å². The number of fused-ring (bicyclic) bond motifs is 1. The number of imidazole rings is 1. The molecule has 4 rings (SSSR count). The Morgan fingerprint density at radius 1 is 1.09 bits per heavy atom. The Morgan fingerprint density at radius 2 is 1.86 bits per heavy atom. The van der Waals surface area contributed by atoms with Crippen LogP contribution in [0.2, 0.25) is 0 Å². The van der Waals surface area contributed by atoms with Crippen LogP contribution < -0.4 is 0 Å². The summed E-state index contributed by atoms with van der Waals surface area (Å²) in [6.07, 6.45) is 3.69. The average Bonchev–Trinajstić information content (AvgIpc) is 3.37. The lowest BCUT2D eigenvalue weighted by atomic mass is 10.1. The summed E-state index contributed by atoms with van der Waals surface area (Å²) in [6, 6.07) is 14.1. The lowest BCUT2D eigenvalue weighted by Crippen LogP contribution is -2.54. The highest BCUT2D eigenvalue weighted by atomic mass is 16.2. The van der Waals surface area contributed by atoms with Crippen LogP contribution in [0.1, 0.15) is 38.1 Å². The minimum atomic E-state index is -0.543. The summed E-state index contributed by atoms with van der Waals surface area (Å²) in [5, 5.41) is 2.31. The maximum atomic E-state index is 13.0. The molecule has 2 heterocycles. The van der Waals surface area contributed by atoms with E-state index in [1.54, 1.807) is 25.2 Å². The van der Waals surface area contributed by atoms with Gasteiger partial charge in [-0.3, -0.25) is 19.3 Å². The summed E-state index contributed by atoms with van der Waals surface area (Å²) in [7, 11) is 3.17. The van der Waals surface area contributed by atoms with Crippen LogP contribution in [0.5, 0.6) is 0 Å². The lowest BCUT2D eigenvalue weighted by molar-refractivity contribution is -0.153.